The maximum Gasteiger partial charge on any atom is 0.459 e. The molecule has 0 bridgehead atoms. The van der Waals surface area contributed by atoms with Gasteiger partial charge < -0.3 is 19.1 Å². The SMILES string of the molecule is CC(C)OC(=O)[C@H](C)NP(=O)(OC[C@@]1(C(F)F)O[C@@H](N2C=CC(=O)CC2=O)[C@H](O)[C@@H]1F)Oc1ccc2ccccc2c1. The third kappa shape index (κ3) is 6.68. The van der Waals surface area contributed by atoms with Crippen LogP contribution in [0.25, 0.3) is 10.8 Å². The molecule has 11 nitrogen and oxygen atoms in total. The summed E-state index contributed by atoms with van der Waals surface area (Å²) < 4.78 is 79.5. The molecule has 15 heteroatoms. The molecule has 42 heavy (non-hydrogen) atoms. The lowest BCUT2D eigenvalue weighted by atomic mass is 9.98. The van der Waals surface area contributed by atoms with Gasteiger partial charge in [0.25, 0.3) is 6.43 Å². The summed E-state index contributed by atoms with van der Waals surface area (Å²) >= 11 is 0. The summed E-state index contributed by atoms with van der Waals surface area (Å²) in [5.41, 5.74) is -3.22. The van der Waals surface area contributed by atoms with Gasteiger partial charge in [0.15, 0.2) is 23.8 Å². The number of alkyl halides is 3. The molecular weight excluding hydrogens is 584 g/mol. The van der Waals surface area contributed by atoms with Crippen LogP contribution in [0.5, 0.6) is 5.75 Å². The fourth-order valence-corrected chi connectivity index (χ4v) is 5.92. The van der Waals surface area contributed by atoms with E-state index in [2.05, 4.69) is 5.09 Å². The molecule has 6 atom stereocenters. The number of rotatable bonds is 11. The van der Waals surface area contributed by atoms with E-state index in [1.54, 1.807) is 38.1 Å². The second-order valence-corrected chi connectivity index (χ2v) is 11.8. The number of nitrogens with one attached hydrogen (secondary N) is 1. The zero-order valence-corrected chi connectivity index (χ0v) is 23.7. The maximum atomic E-state index is 15.4. The number of halogens is 3. The molecule has 0 aliphatic carbocycles. The van der Waals surface area contributed by atoms with Gasteiger partial charge in [0.05, 0.1) is 19.1 Å². The molecule has 4 rings (SSSR count). The normalized spacial score (nSPS) is 26.6. The summed E-state index contributed by atoms with van der Waals surface area (Å²) in [7, 11) is -4.78. The highest BCUT2D eigenvalue weighted by molar-refractivity contribution is 7.52. The molecule has 2 N–H and O–H groups in total. The predicted octanol–water partition coefficient (Wildman–Crippen LogP) is 3.65. The average molecular weight is 615 g/mol. The molecule has 1 unspecified atom stereocenters. The Morgan fingerprint density at radius 3 is 2.52 bits per heavy atom. The van der Waals surface area contributed by atoms with E-state index in [-0.39, 0.29) is 5.75 Å². The Kier molecular flexibility index (Phi) is 9.43. The summed E-state index contributed by atoms with van der Waals surface area (Å²) in [6, 6.07) is 10.3. The van der Waals surface area contributed by atoms with E-state index in [9.17, 15) is 32.8 Å². The minimum absolute atomic E-state index is 0.0316. The van der Waals surface area contributed by atoms with Gasteiger partial charge in [0.2, 0.25) is 5.91 Å². The van der Waals surface area contributed by atoms with E-state index < -0.39 is 81.1 Å². The number of ketones is 1. The van der Waals surface area contributed by atoms with Crippen molar-refractivity contribution in [1.29, 1.82) is 0 Å². The van der Waals surface area contributed by atoms with Crippen molar-refractivity contribution >= 4 is 36.2 Å². The smallest absolute Gasteiger partial charge is 0.459 e. The Morgan fingerprint density at radius 2 is 1.88 bits per heavy atom. The first-order chi connectivity index (χ1) is 19.7. The van der Waals surface area contributed by atoms with E-state index >= 15 is 4.39 Å². The number of amides is 1. The minimum Gasteiger partial charge on any atom is -0.462 e. The van der Waals surface area contributed by atoms with Crippen LogP contribution in [0.1, 0.15) is 27.2 Å². The van der Waals surface area contributed by atoms with Crippen molar-refractivity contribution in [2.75, 3.05) is 6.61 Å². The molecule has 0 saturated carbocycles. The quantitative estimate of drug-likeness (QED) is 0.219. The molecule has 2 aliphatic rings. The summed E-state index contributed by atoms with van der Waals surface area (Å²) in [4.78, 5) is 36.9. The molecular formula is C27H30F3N2O9P. The van der Waals surface area contributed by atoms with Crippen LogP contribution >= 0.6 is 7.75 Å². The molecule has 0 aromatic heterocycles. The summed E-state index contributed by atoms with van der Waals surface area (Å²) in [6.45, 7) is 3.00. The highest BCUT2D eigenvalue weighted by Crippen LogP contribution is 2.49. The van der Waals surface area contributed by atoms with Gasteiger partial charge in [-0.05, 0) is 49.8 Å². The molecule has 0 radical (unpaired) electrons. The second kappa shape index (κ2) is 12.5. The summed E-state index contributed by atoms with van der Waals surface area (Å²) in [5, 5.41) is 14.3. The number of aliphatic hydroxyl groups excluding tert-OH is 1. The van der Waals surface area contributed by atoms with E-state index in [1.807, 2.05) is 6.07 Å². The van der Waals surface area contributed by atoms with Crippen molar-refractivity contribution in [3.63, 3.8) is 0 Å². The molecule has 2 aromatic rings. The van der Waals surface area contributed by atoms with E-state index in [1.165, 1.54) is 19.1 Å². The number of benzene rings is 2. The first-order valence-corrected chi connectivity index (χ1v) is 14.5. The highest BCUT2D eigenvalue weighted by Gasteiger charge is 2.64. The molecule has 2 aliphatic heterocycles. The lowest BCUT2D eigenvalue weighted by Gasteiger charge is -2.33. The minimum atomic E-state index is -4.78. The van der Waals surface area contributed by atoms with Gasteiger partial charge in [-0.25, -0.2) is 17.7 Å². The van der Waals surface area contributed by atoms with Crippen molar-refractivity contribution in [1.82, 2.24) is 9.99 Å². The van der Waals surface area contributed by atoms with Gasteiger partial charge in [0.1, 0.15) is 17.9 Å². The number of esters is 1. The number of aliphatic hydroxyl groups is 1. The van der Waals surface area contributed by atoms with E-state index in [0.717, 1.165) is 17.7 Å². The zero-order chi connectivity index (χ0) is 30.8. The van der Waals surface area contributed by atoms with Crippen molar-refractivity contribution < 1.29 is 55.7 Å². The first-order valence-electron chi connectivity index (χ1n) is 13.0. The molecule has 1 fully saturated rings. The second-order valence-electron chi connectivity index (χ2n) is 10.1. The van der Waals surface area contributed by atoms with Gasteiger partial charge >= 0.3 is 13.7 Å². The summed E-state index contributed by atoms with van der Waals surface area (Å²) in [5.74, 6) is -2.38. The number of hydrogen-bond acceptors (Lipinski definition) is 9. The number of nitrogens with zero attached hydrogens (tertiary/aromatic N) is 1. The number of carbonyl (C=O) groups is 3. The zero-order valence-electron chi connectivity index (χ0n) is 22.8. The standard InChI is InChI=1S/C27H30F3N2O9P/c1-15(2)39-25(36)16(3)31-42(37,41-20-9-8-17-6-4-5-7-18(17)12-20)38-14-27(26(29)30)23(28)22(35)24(40-27)32-11-10-19(33)13-21(32)34/h4-12,15-16,22-24,26,35H,13-14H2,1-3H3,(H,31,37)/t16-,22+,23-,24+,27+,42?/m0/s1. The van der Waals surface area contributed by atoms with E-state index in [4.69, 9.17) is 18.5 Å². The summed E-state index contributed by atoms with van der Waals surface area (Å²) in [6.07, 6.45) is -10.0. The van der Waals surface area contributed by atoms with Gasteiger partial charge in [-0.15, -0.1) is 0 Å². The van der Waals surface area contributed by atoms with Gasteiger partial charge in [-0.3, -0.25) is 23.8 Å². The number of ether oxygens (including phenoxy) is 2. The van der Waals surface area contributed by atoms with E-state index in [0.29, 0.717) is 10.3 Å². The molecule has 228 valence electrons. The fourth-order valence-electron chi connectivity index (χ4n) is 4.40. The maximum absolute atomic E-state index is 15.4. The number of carbonyl (C=O) groups excluding carboxylic acids is 3. The van der Waals surface area contributed by atoms with Crippen LogP contribution in [0, 0.1) is 0 Å². The molecule has 0 spiro atoms. The average Bonchev–Trinajstić information content (AvgIpc) is 3.17. The molecule has 1 saturated heterocycles. The van der Waals surface area contributed by atoms with Gasteiger partial charge in [-0.1, -0.05) is 30.3 Å². The Bertz CT molecular complexity index is 1420. The number of fused-ring (bicyclic) bond motifs is 1. The van der Waals surface area contributed by atoms with Crippen LogP contribution in [-0.2, 0) is 32.9 Å². The van der Waals surface area contributed by atoms with Gasteiger partial charge in [0, 0.05) is 6.20 Å². The lowest BCUT2D eigenvalue weighted by Crippen LogP contribution is -2.51. The lowest BCUT2D eigenvalue weighted by molar-refractivity contribution is -0.193. The Labute approximate surface area is 239 Å². The molecule has 2 heterocycles. The number of hydrogen-bond donors (Lipinski definition) is 2. The fraction of sp³-hybridized carbons (Fsp3) is 0.444. The van der Waals surface area contributed by atoms with Crippen molar-refractivity contribution in [2.45, 2.75) is 69.9 Å². The van der Waals surface area contributed by atoms with Crippen molar-refractivity contribution in [3.05, 3.63) is 54.7 Å². The Hall–Kier alpha value is -3.29. The number of allylic oxidation sites excluding steroid dienone is 1. The van der Waals surface area contributed by atoms with Crippen LogP contribution in [0.4, 0.5) is 13.2 Å². The largest absolute Gasteiger partial charge is 0.462 e. The third-order valence-corrected chi connectivity index (χ3v) is 8.16. The third-order valence-electron chi connectivity index (χ3n) is 6.54. The molecule has 1 amide bonds. The topological polar surface area (TPSA) is 141 Å². The van der Waals surface area contributed by atoms with Crippen LogP contribution in [0.3, 0.4) is 0 Å². The monoisotopic (exact) mass is 614 g/mol. The van der Waals surface area contributed by atoms with Crippen LogP contribution in [0.2, 0.25) is 0 Å². The first kappa shape index (κ1) is 31.6. The Morgan fingerprint density at radius 1 is 1.19 bits per heavy atom. The van der Waals surface area contributed by atoms with Crippen LogP contribution in [0.15, 0.2) is 54.7 Å². The van der Waals surface area contributed by atoms with Crippen molar-refractivity contribution in [2.24, 2.45) is 0 Å². The van der Waals surface area contributed by atoms with Crippen LogP contribution in [-0.4, -0.2) is 76.9 Å². The predicted molar refractivity (Wildman–Crippen MR) is 142 cm³/mol. The Balaban J connectivity index is 1.62. The highest BCUT2D eigenvalue weighted by atomic mass is 31.2. The molecule has 2 aromatic carbocycles. The van der Waals surface area contributed by atoms with Gasteiger partial charge in [-0.2, -0.15) is 5.09 Å². The van der Waals surface area contributed by atoms with Crippen molar-refractivity contribution in [3.8, 4) is 5.75 Å². The van der Waals surface area contributed by atoms with Crippen LogP contribution < -0.4 is 9.61 Å².